The minimum Gasteiger partial charge on any atom is -0.388 e. The van der Waals surface area contributed by atoms with Gasteiger partial charge in [0.25, 0.3) is 5.85 Å². The standard InChI is InChI=1S/C15H21N4O6PS/c1-3-8(25-26(23)7(2)20)4-9-11(21)12(22)15(24-9)19-6-18-10-13(19)16-5-17-14(10)27/h5-9,11-12,15,20-22H,3-4H2,1-2H3/p+1/t7?,8?,9-,11-,12-,15?/m1/s1. The maximum atomic E-state index is 11.8. The molecule has 1 aliphatic rings. The van der Waals surface area contributed by atoms with E-state index in [0.717, 1.165) is 0 Å². The van der Waals surface area contributed by atoms with Crippen molar-refractivity contribution in [2.45, 2.75) is 63.2 Å². The van der Waals surface area contributed by atoms with E-state index in [1.165, 1.54) is 19.6 Å². The zero-order valence-corrected chi connectivity index (χ0v) is 16.5. The van der Waals surface area contributed by atoms with E-state index in [1.54, 1.807) is 4.57 Å². The minimum atomic E-state index is -2.24. The maximum Gasteiger partial charge on any atom is 0.540 e. The molecule has 10 nitrogen and oxygen atoms in total. The van der Waals surface area contributed by atoms with E-state index in [9.17, 15) is 19.9 Å². The fourth-order valence-electron chi connectivity index (χ4n) is 3.00. The van der Waals surface area contributed by atoms with Crippen LogP contribution >= 0.6 is 20.2 Å². The van der Waals surface area contributed by atoms with Crippen LogP contribution in [0.15, 0.2) is 12.7 Å². The van der Waals surface area contributed by atoms with Crippen LogP contribution < -0.4 is 0 Å². The number of hydrogen-bond acceptors (Lipinski definition) is 9. The predicted molar refractivity (Wildman–Crippen MR) is 97.7 cm³/mol. The minimum absolute atomic E-state index is 0.212. The van der Waals surface area contributed by atoms with Crippen LogP contribution in [0.2, 0.25) is 0 Å². The third kappa shape index (κ3) is 4.09. The SMILES string of the molecule is CCC(C[C@H]1OC(n2cnc3c(=S)nc[nH]c32)[C@H](O)[C@@H]1O)O[P+](=O)C(C)O. The van der Waals surface area contributed by atoms with Crippen molar-refractivity contribution in [2.75, 3.05) is 0 Å². The number of aliphatic hydroxyl groups excluding tert-OH is 3. The summed E-state index contributed by atoms with van der Waals surface area (Å²) in [7, 11) is -2.24. The summed E-state index contributed by atoms with van der Waals surface area (Å²) in [5, 5.41) is 30.2. The van der Waals surface area contributed by atoms with Crippen LogP contribution in [0.5, 0.6) is 0 Å². The zero-order chi connectivity index (χ0) is 19.7. The quantitative estimate of drug-likeness (QED) is 0.388. The van der Waals surface area contributed by atoms with E-state index in [0.29, 0.717) is 22.2 Å². The average Bonchev–Trinajstić information content (AvgIpc) is 3.18. The van der Waals surface area contributed by atoms with Gasteiger partial charge in [0.15, 0.2) is 10.9 Å². The van der Waals surface area contributed by atoms with Gasteiger partial charge in [0, 0.05) is 13.3 Å². The fourth-order valence-corrected chi connectivity index (χ4v) is 3.91. The first-order valence-electron chi connectivity index (χ1n) is 8.56. The van der Waals surface area contributed by atoms with E-state index < -0.39 is 44.5 Å². The second kappa shape index (κ2) is 8.36. The van der Waals surface area contributed by atoms with E-state index in [4.69, 9.17) is 21.5 Å². The summed E-state index contributed by atoms with van der Waals surface area (Å²) in [6.07, 6.45) is -0.892. The van der Waals surface area contributed by atoms with Crippen molar-refractivity contribution in [3.8, 4) is 0 Å². The van der Waals surface area contributed by atoms with Crippen molar-refractivity contribution >= 4 is 31.4 Å². The predicted octanol–water partition coefficient (Wildman–Crippen LogP) is 1.37. The molecule has 1 aliphatic heterocycles. The molecule has 3 rings (SSSR count). The summed E-state index contributed by atoms with van der Waals surface area (Å²) in [6.45, 7) is 3.22. The van der Waals surface area contributed by atoms with E-state index in [2.05, 4.69) is 15.0 Å². The normalized spacial score (nSPS) is 28.4. The third-order valence-electron chi connectivity index (χ3n) is 4.50. The topological polar surface area (TPSA) is 143 Å². The molecule has 27 heavy (non-hydrogen) atoms. The molecule has 4 N–H and O–H groups in total. The Balaban J connectivity index is 1.78. The molecule has 148 valence electrons. The molecule has 2 aromatic rings. The number of H-pyrrole nitrogens is 1. The van der Waals surface area contributed by atoms with Crippen molar-refractivity contribution in [2.24, 2.45) is 0 Å². The molecule has 0 saturated carbocycles. The first kappa shape index (κ1) is 20.4. The van der Waals surface area contributed by atoms with Crippen LogP contribution in [0.1, 0.15) is 32.9 Å². The molecule has 0 aliphatic carbocycles. The van der Waals surface area contributed by atoms with Crippen molar-refractivity contribution in [3.05, 3.63) is 17.3 Å². The Morgan fingerprint density at radius 2 is 2.19 bits per heavy atom. The van der Waals surface area contributed by atoms with Gasteiger partial charge in [-0.25, -0.2) is 9.97 Å². The Morgan fingerprint density at radius 3 is 2.85 bits per heavy atom. The molecule has 4 unspecified atom stereocenters. The molecule has 2 aromatic heterocycles. The van der Waals surface area contributed by atoms with Gasteiger partial charge in [-0.05, 0) is 11.0 Å². The van der Waals surface area contributed by atoms with Gasteiger partial charge in [-0.2, -0.15) is 0 Å². The van der Waals surface area contributed by atoms with Crippen LogP contribution in [0, 0.1) is 4.64 Å². The average molecular weight is 417 g/mol. The number of aromatic nitrogens is 4. The van der Waals surface area contributed by atoms with Gasteiger partial charge >= 0.3 is 8.03 Å². The number of nitrogens with zero attached hydrogens (tertiary/aromatic N) is 3. The number of aromatic amines is 1. The monoisotopic (exact) mass is 417 g/mol. The van der Waals surface area contributed by atoms with E-state index in [-0.39, 0.29) is 6.42 Å². The summed E-state index contributed by atoms with van der Waals surface area (Å²) < 4.78 is 24.8. The Hall–Kier alpha value is -1.33. The van der Waals surface area contributed by atoms with Gasteiger partial charge in [-0.3, -0.25) is 4.57 Å². The number of aliphatic hydroxyl groups is 3. The molecule has 0 spiro atoms. The Bertz CT molecular complexity index is 873. The molecule has 0 amide bonds. The number of fused-ring (bicyclic) bond motifs is 1. The van der Waals surface area contributed by atoms with Gasteiger partial charge in [0.1, 0.15) is 29.5 Å². The highest BCUT2D eigenvalue weighted by molar-refractivity contribution is 7.71. The number of ether oxygens (including phenoxy) is 1. The lowest BCUT2D eigenvalue weighted by molar-refractivity contribution is -0.0466. The van der Waals surface area contributed by atoms with Gasteiger partial charge in [0.05, 0.1) is 18.8 Å². The highest BCUT2D eigenvalue weighted by Gasteiger charge is 2.46. The van der Waals surface area contributed by atoms with E-state index >= 15 is 0 Å². The van der Waals surface area contributed by atoms with Crippen molar-refractivity contribution in [3.63, 3.8) is 0 Å². The zero-order valence-electron chi connectivity index (χ0n) is 14.8. The molecule has 0 aromatic carbocycles. The summed E-state index contributed by atoms with van der Waals surface area (Å²) >= 11 is 5.13. The molecule has 12 heteroatoms. The second-order valence-corrected chi connectivity index (χ2v) is 8.31. The molecule has 0 bridgehead atoms. The summed E-state index contributed by atoms with van der Waals surface area (Å²) in [5.74, 6) is -1.09. The fraction of sp³-hybridized carbons (Fsp3) is 0.667. The van der Waals surface area contributed by atoms with Crippen molar-refractivity contribution < 1.29 is 29.1 Å². The van der Waals surface area contributed by atoms with Crippen LogP contribution in [0.25, 0.3) is 11.2 Å². The van der Waals surface area contributed by atoms with Gasteiger partial charge in [0.2, 0.25) is 0 Å². The number of imidazole rings is 1. The summed E-state index contributed by atoms with van der Waals surface area (Å²) in [6, 6.07) is 0. The third-order valence-corrected chi connectivity index (χ3v) is 5.91. The Morgan fingerprint density at radius 1 is 1.44 bits per heavy atom. The van der Waals surface area contributed by atoms with Crippen molar-refractivity contribution in [1.29, 1.82) is 0 Å². The molecular weight excluding hydrogens is 395 g/mol. The lowest BCUT2D eigenvalue weighted by atomic mass is 10.0. The lowest BCUT2D eigenvalue weighted by Gasteiger charge is -2.18. The second-order valence-electron chi connectivity index (χ2n) is 6.39. The van der Waals surface area contributed by atoms with Crippen LogP contribution in [0.4, 0.5) is 0 Å². The smallest absolute Gasteiger partial charge is 0.388 e. The lowest BCUT2D eigenvalue weighted by Crippen LogP contribution is -2.33. The Kier molecular flexibility index (Phi) is 6.32. The van der Waals surface area contributed by atoms with Crippen LogP contribution in [-0.2, 0) is 13.8 Å². The summed E-state index contributed by atoms with van der Waals surface area (Å²) in [5.41, 5.74) is 0.984. The van der Waals surface area contributed by atoms with Gasteiger partial charge < -0.3 is 25.0 Å². The highest BCUT2D eigenvalue weighted by atomic mass is 32.1. The maximum absolute atomic E-state index is 11.8. The van der Waals surface area contributed by atoms with Gasteiger partial charge in [-0.15, -0.1) is 4.52 Å². The largest absolute Gasteiger partial charge is 0.540 e. The molecule has 7 atom stereocenters. The van der Waals surface area contributed by atoms with Crippen molar-refractivity contribution in [1.82, 2.24) is 19.5 Å². The summed E-state index contributed by atoms with van der Waals surface area (Å²) in [4.78, 5) is 11.1. The first-order chi connectivity index (χ1) is 12.8. The molecular formula is C15H22N4O6PS+. The van der Waals surface area contributed by atoms with Crippen LogP contribution in [0.3, 0.4) is 0 Å². The number of hydrogen-bond donors (Lipinski definition) is 4. The number of rotatable bonds is 7. The highest BCUT2D eigenvalue weighted by Crippen LogP contribution is 2.37. The Labute approximate surface area is 161 Å². The van der Waals surface area contributed by atoms with E-state index in [1.807, 2.05) is 6.92 Å². The first-order valence-corrected chi connectivity index (χ1v) is 10.2. The number of nitrogens with one attached hydrogen (secondary N) is 1. The van der Waals surface area contributed by atoms with Gasteiger partial charge in [-0.1, -0.05) is 19.1 Å². The molecule has 1 saturated heterocycles. The molecule has 3 heterocycles. The van der Waals surface area contributed by atoms with Crippen LogP contribution in [-0.4, -0.2) is 65.1 Å². The molecule has 1 fully saturated rings. The molecule has 0 radical (unpaired) electrons.